The molecular weight excluding hydrogens is 370 g/mol. The fraction of sp³-hybridized carbons (Fsp3) is 0.500. The Balaban J connectivity index is 1.96. The number of amides is 1. The van der Waals surface area contributed by atoms with Crippen molar-refractivity contribution in [3.05, 3.63) is 28.7 Å². The Morgan fingerprint density at radius 3 is 2.68 bits per heavy atom. The summed E-state index contributed by atoms with van der Waals surface area (Å²) in [6.45, 7) is 1.51. The molecule has 122 valence electrons. The molecule has 8 heteroatoms. The van der Waals surface area contributed by atoms with Gasteiger partial charge in [0.2, 0.25) is 15.9 Å². The fourth-order valence-electron chi connectivity index (χ4n) is 2.32. The van der Waals surface area contributed by atoms with Gasteiger partial charge in [0.05, 0.1) is 11.4 Å². The van der Waals surface area contributed by atoms with Crippen molar-refractivity contribution in [1.29, 1.82) is 0 Å². The first-order chi connectivity index (χ1) is 10.4. The van der Waals surface area contributed by atoms with Crippen LogP contribution in [0.4, 0.5) is 0 Å². The first-order valence-corrected chi connectivity index (χ1v) is 9.35. The molecule has 0 saturated carbocycles. The van der Waals surface area contributed by atoms with E-state index in [1.54, 1.807) is 12.1 Å². The number of benzene rings is 1. The molecule has 2 rings (SSSR count). The quantitative estimate of drug-likeness (QED) is 0.785. The average Bonchev–Trinajstić information content (AvgIpc) is 2.48. The zero-order valence-corrected chi connectivity index (χ0v) is 14.8. The monoisotopic (exact) mass is 389 g/mol. The van der Waals surface area contributed by atoms with Crippen molar-refractivity contribution in [1.82, 2.24) is 14.9 Å². The van der Waals surface area contributed by atoms with E-state index in [0.717, 1.165) is 34.7 Å². The van der Waals surface area contributed by atoms with E-state index in [9.17, 15) is 13.2 Å². The molecule has 1 atom stereocenters. The maximum atomic E-state index is 12.4. The van der Waals surface area contributed by atoms with Crippen molar-refractivity contribution in [2.75, 3.05) is 26.7 Å². The number of rotatable bonds is 5. The minimum atomic E-state index is -3.66. The highest BCUT2D eigenvalue weighted by atomic mass is 79.9. The second-order valence-electron chi connectivity index (χ2n) is 5.33. The van der Waals surface area contributed by atoms with Crippen LogP contribution in [0.15, 0.2) is 33.6 Å². The van der Waals surface area contributed by atoms with E-state index < -0.39 is 10.0 Å². The second kappa shape index (κ2) is 7.54. The number of likely N-dealkylation sites (N-methyl/N-ethyl adjacent to an activating group) is 1. The number of hydrogen-bond donors (Lipinski definition) is 2. The van der Waals surface area contributed by atoms with Gasteiger partial charge < -0.3 is 10.6 Å². The van der Waals surface area contributed by atoms with Gasteiger partial charge in [-0.15, -0.1) is 0 Å². The van der Waals surface area contributed by atoms with E-state index in [4.69, 9.17) is 0 Å². The van der Waals surface area contributed by atoms with Crippen molar-refractivity contribution in [2.24, 2.45) is 0 Å². The van der Waals surface area contributed by atoms with Gasteiger partial charge in [0.1, 0.15) is 0 Å². The summed E-state index contributed by atoms with van der Waals surface area (Å²) in [7, 11) is -2.24. The van der Waals surface area contributed by atoms with E-state index in [-0.39, 0.29) is 23.4 Å². The number of sulfonamides is 1. The van der Waals surface area contributed by atoms with Gasteiger partial charge in [-0.05, 0) is 43.7 Å². The summed E-state index contributed by atoms with van der Waals surface area (Å²) < 4.78 is 26.7. The normalized spacial score (nSPS) is 19.1. The molecule has 1 aliphatic heterocycles. The number of nitrogens with one attached hydrogen (secondary N) is 2. The van der Waals surface area contributed by atoms with Gasteiger partial charge >= 0.3 is 0 Å². The number of nitrogens with zero attached hydrogens (tertiary/aromatic N) is 1. The molecule has 2 N–H and O–H groups in total. The molecule has 0 spiro atoms. The minimum absolute atomic E-state index is 0.0741. The number of halogens is 1. The minimum Gasteiger partial charge on any atom is -0.351 e. The molecule has 1 amide bonds. The number of piperidine rings is 1. The van der Waals surface area contributed by atoms with Crippen LogP contribution in [0.5, 0.6) is 0 Å². The van der Waals surface area contributed by atoms with Crippen molar-refractivity contribution < 1.29 is 13.2 Å². The number of carbonyl (C=O) groups is 1. The highest BCUT2D eigenvalue weighted by Crippen LogP contribution is 2.17. The fourth-order valence-corrected chi connectivity index (χ4v) is 3.71. The van der Waals surface area contributed by atoms with Gasteiger partial charge in [0, 0.05) is 24.1 Å². The highest BCUT2D eigenvalue weighted by molar-refractivity contribution is 9.10. The third kappa shape index (κ3) is 4.52. The van der Waals surface area contributed by atoms with Crippen LogP contribution in [0, 0.1) is 0 Å². The lowest BCUT2D eigenvalue weighted by Crippen LogP contribution is -2.48. The maximum Gasteiger partial charge on any atom is 0.243 e. The Morgan fingerprint density at radius 1 is 1.41 bits per heavy atom. The third-order valence-corrected chi connectivity index (χ3v) is 5.90. The maximum absolute atomic E-state index is 12.4. The molecule has 0 aliphatic carbocycles. The number of carbonyl (C=O) groups excluding carboxylic acids is 1. The summed E-state index contributed by atoms with van der Waals surface area (Å²) in [5.74, 6) is -0.281. The van der Waals surface area contributed by atoms with Gasteiger partial charge in [0.25, 0.3) is 0 Å². The molecule has 1 aromatic carbocycles. The van der Waals surface area contributed by atoms with Crippen LogP contribution in [0.25, 0.3) is 0 Å². The van der Waals surface area contributed by atoms with Crippen LogP contribution in [-0.4, -0.2) is 51.4 Å². The topological polar surface area (TPSA) is 78.5 Å². The zero-order chi connectivity index (χ0) is 16.2. The van der Waals surface area contributed by atoms with Crippen molar-refractivity contribution in [3.8, 4) is 0 Å². The van der Waals surface area contributed by atoms with Crippen molar-refractivity contribution in [2.45, 2.75) is 23.8 Å². The molecule has 1 fully saturated rings. The molecule has 1 heterocycles. The Labute approximate surface area is 139 Å². The molecule has 1 saturated heterocycles. The molecule has 0 radical (unpaired) electrons. The van der Waals surface area contributed by atoms with Crippen LogP contribution in [0.2, 0.25) is 0 Å². The standard InChI is InChI=1S/C14H20BrN3O3S/c1-18(10-14(19)17-12-3-2-8-16-9-12)22(20,21)13-6-4-11(15)5-7-13/h4-7,12,16H,2-3,8-10H2,1H3,(H,17,19)/t12-/m0/s1. The Morgan fingerprint density at radius 2 is 2.09 bits per heavy atom. The highest BCUT2D eigenvalue weighted by Gasteiger charge is 2.24. The second-order valence-corrected chi connectivity index (χ2v) is 8.29. The largest absolute Gasteiger partial charge is 0.351 e. The Hall–Kier alpha value is -0.960. The summed E-state index contributed by atoms with van der Waals surface area (Å²) in [6, 6.07) is 6.42. The summed E-state index contributed by atoms with van der Waals surface area (Å²) >= 11 is 3.27. The van der Waals surface area contributed by atoms with Gasteiger partial charge in [-0.2, -0.15) is 4.31 Å². The lowest BCUT2D eigenvalue weighted by atomic mass is 10.1. The van der Waals surface area contributed by atoms with Crippen molar-refractivity contribution in [3.63, 3.8) is 0 Å². The first kappa shape index (κ1) is 17.4. The van der Waals surface area contributed by atoms with Crippen LogP contribution in [0.3, 0.4) is 0 Å². The zero-order valence-electron chi connectivity index (χ0n) is 12.4. The molecule has 1 aromatic rings. The van der Waals surface area contributed by atoms with E-state index in [0.29, 0.717) is 0 Å². The van der Waals surface area contributed by atoms with Crippen LogP contribution in [0.1, 0.15) is 12.8 Å². The van der Waals surface area contributed by atoms with Crippen molar-refractivity contribution >= 4 is 31.9 Å². The molecule has 0 unspecified atom stereocenters. The van der Waals surface area contributed by atoms with E-state index in [1.807, 2.05) is 0 Å². The number of hydrogen-bond acceptors (Lipinski definition) is 4. The first-order valence-electron chi connectivity index (χ1n) is 7.11. The molecule has 0 bridgehead atoms. The van der Waals surface area contributed by atoms with Gasteiger partial charge in [-0.25, -0.2) is 8.42 Å². The van der Waals surface area contributed by atoms with E-state index in [1.165, 1.54) is 19.2 Å². The smallest absolute Gasteiger partial charge is 0.243 e. The summed E-state index contributed by atoms with van der Waals surface area (Å²) in [5, 5.41) is 6.07. The van der Waals surface area contributed by atoms with Gasteiger partial charge in [0.15, 0.2) is 0 Å². The lowest BCUT2D eigenvalue weighted by Gasteiger charge is -2.25. The molecular formula is C14H20BrN3O3S. The predicted octanol–water partition coefficient (Wildman–Crippen LogP) is 0.938. The molecule has 0 aromatic heterocycles. The predicted molar refractivity (Wildman–Crippen MR) is 88.0 cm³/mol. The third-order valence-electron chi connectivity index (χ3n) is 3.55. The van der Waals surface area contributed by atoms with Crippen LogP contribution in [-0.2, 0) is 14.8 Å². The average molecular weight is 390 g/mol. The van der Waals surface area contributed by atoms with Crippen LogP contribution < -0.4 is 10.6 Å². The Kier molecular flexibility index (Phi) is 5.96. The Bertz CT molecular complexity index is 613. The SMILES string of the molecule is CN(CC(=O)N[C@H]1CCCNC1)S(=O)(=O)c1ccc(Br)cc1. The van der Waals surface area contributed by atoms with Gasteiger partial charge in [-0.1, -0.05) is 15.9 Å². The van der Waals surface area contributed by atoms with Gasteiger partial charge in [-0.3, -0.25) is 4.79 Å². The summed E-state index contributed by atoms with van der Waals surface area (Å²) in [5.41, 5.74) is 0. The molecule has 22 heavy (non-hydrogen) atoms. The lowest BCUT2D eigenvalue weighted by molar-refractivity contribution is -0.121. The molecule has 6 nitrogen and oxygen atoms in total. The molecule has 1 aliphatic rings. The summed E-state index contributed by atoms with van der Waals surface area (Å²) in [4.78, 5) is 12.2. The van der Waals surface area contributed by atoms with E-state index in [2.05, 4.69) is 26.6 Å². The summed E-state index contributed by atoms with van der Waals surface area (Å²) in [6.07, 6.45) is 1.93. The van der Waals surface area contributed by atoms with Crippen LogP contribution >= 0.6 is 15.9 Å². The van der Waals surface area contributed by atoms with E-state index >= 15 is 0 Å².